The fraction of sp³-hybridized carbons (Fsp3) is 0.333. The monoisotopic (exact) mass is 252 g/mol. The van der Waals surface area contributed by atoms with Crippen LogP contribution in [0.3, 0.4) is 0 Å². The Hall–Kier alpha value is -2.24. The third kappa shape index (κ3) is 4.73. The molecule has 0 saturated carbocycles. The van der Waals surface area contributed by atoms with E-state index in [1.54, 1.807) is 7.11 Å². The minimum atomic E-state index is -0.491. The molecule has 1 aromatic carbocycles. The Kier molecular flexibility index (Phi) is 5.50. The maximum absolute atomic E-state index is 11.3. The summed E-state index contributed by atoms with van der Waals surface area (Å²) < 4.78 is 9.41. The quantitative estimate of drug-likeness (QED) is 0.755. The van der Waals surface area contributed by atoms with Gasteiger partial charge in [0.15, 0.2) is 0 Å². The molecule has 1 aromatic rings. The van der Waals surface area contributed by atoms with Crippen molar-refractivity contribution >= 4 is 12.0 Å². The summed E-state index contributed by atoms with van der Waals surface area (Å²) in [6.07, 6.45) is 0. The van der Waals surface area contributed by atoms with Crippen LogP contribution in [0.25, 0.3) is 0 Å². The van der Waals surface area contributed by atoms with Crippen molar-refractivity contribution in [2.24, 2.45) is 0 Å². The van der Waals surface area contributed by atoms with E-state index in [4.69, 9.17) is 4.74 Å². The highest BCUT2D eigenvalue weighted by atomic mass is 16.5. The van der Waals surface area contributed by atoms with E-state index in [0.717, 1.165) is 11.3 Å². The van der Waals surface area contributed by atoms with Crippen molar-refractivity contribution in [1.82, 2.24) is 10.6 Å². The number of amides is 2. The Balaban J connectivity index is 2.31. The molecule has 0 bridgehead atoms. The van der Waals surface area contributed by atoms with Gasteiger partial charge < -0.3 is 20.1 Å². The summed E-state index contributed by atoms with van der Waals surface area (Å²) in [4.78, 5) is 22.1. The lowest BCUT2D eigenvalue weighted by atomic mass is 10.2. The Bertz CT molecular complexity index is 403. The van der Waals surface area contributed by atoms with Gasteiger partial charge in [0.2, 0.25) is 0 Å². The van der Waals surface area contributed by atoms with E-state index >= 15 is 0 Å². The highest BCUT2D eigenvalue weighted by Crippen LogP contribution is 2.10. The maximum Gasteiger partial charge on any atom is 0.325 e. The predicted octanol–water partition coefficient (Wildman–Crippen LogP) is 0.667. The third-order valence-electron chi connectivity index (χ3n) is 2.23. The Morgan fingerprint density at radius 3 is 2.33 bits per heavy atom. The summed E-state index contributed by atoms with van der Waals surface area (Å²) in [7, 11) is 2.85. The molecule has 2 amide bonds. The molecule has 0 aromatic heterocycles. The lowest BCUT2D eigenvalue weighted by molar-refractivity contribution is -0.139. The minimum Gasteiger partial charge on any atom is -0.497 e. The summed E-state index contributed by atoms with van der Waals surface area (Å²) >= 11 is 0. The molecule has 0 aliphatic rings. The van der Waals surface area contributed by atoms with Crippen molar-refractivity contribution in [2.45, 2.75) is 6.54 Å². The maximum atomic E-state index is 11.3. The van der Waals surface area contributed by atoms with E-state index in [1.165, 1.54) is 7.11 Å². The second-order valence-electron chi connectivity index (χ2n) is 3.46. The van der Waals surface area contributed by atoms with Crippen LogP contribution in [-0.2, 0) is 16.1 Å². The van der Waals surface area contributed by atoms with Gasteiger partial charge in [0, 0.05) is 6.54 Å². The summed E-state index contributed by atoms with van der Waals surface area (Å²) in [5, 5.41) is 4.99. The van der Waals surface area contributed by atoms with Crippen LogP contribution < -0.4 is 15.4 Å². The largest absolute Gasteiger partial charge is 0.497 e. The van der Waals surface area contributed by atoms with Gasteiger partial charge in [-0.25, -0.2) is 4.79 Å². The van der Waals surface area contributed by atoms with Crippen LogP contribution in [0.15, 0.2) is 24.3 Å². The second kappa shape index (κ2) is 7.16. The first-order valence-electron chi connectivity index (χ1n) is 5.37. The molecule has 98 valence electrons. The van der Waals surface area contributed by atoms with E-state index < -0.39 is 12.0 Å². The number of carbonyl (C=O) groups excluding carboxylic acids is 2. The molecule has 0 unspecified atom stereocenters. The molecule has 0 heterocycles. The van der Waals surface area contributed by atoms with Crippen LogP contribution in [-0.4, -0.2) is 32.8 Å². The fourth-order valence-electron chi connectivity index (χ4n) is 1.21. The first-order valence-corrected chi connectivity index (χ1v) is 5.37. The molecule has 0 fully saturated rings. The minimum absolute atomic E-state index is 0.148. The number of urea groups is 1. The van der Waals surface area contributed by atoms with Gasteiger partial charge in [0.05, 0.1) is 14.2 Å². The number of hydrogen-bond donors (Lipinski definition) is 2. The highest BCUT2D eigenvalue weighted by molar-refractivity contribution is 5.80. The van der Waals surface area contributed by atoms with E-state index in [-0.39, 0.29) is 6.54 Å². The molecule has 0 atom stereocenters. The molecule has 0 spiro atoms. The molecule has 0 aliphatic carbocycles. The zero-order valence-corrected chi connectivity index (χ0v) is 10.4. The molecule has 0 aliphatic heterocycles. The first-order chi connectivity index (χ1) is 8.65. The van der Waals surface area contributed by atoms with Crippen LogP contribution in [0, 0.1) is 0 Å². The Morgan fingerprint density at radius 1 is 1.11 bits per heavy atom. The van der Waals surface area contributed by atoms with Crippen LogP contribution >= 0.6 is 0 Å². The van der Waals surface area contributed by atoms with Gasteiger partial charge in [-0.15, -0.1) is 0 Å². The topological polar surface area (TPSA) is 76.7 Å². The van der Waals surface area contributed by atoms with E-state index in [9.17, 15) is 9.59 Å². The van der Waals surface area contributed by atoms with Crippen LogP contribution in [0.4, 0.5) is 4.79 Å². The zero-order valence-electron chi connectivity index (χ0n) is 10.4. The SMILES string of the molecule is COC(=O)CNC(=O)NCc1ccc(OC)cc1. The molecule has 18 heavy (non-hydrogen) atoms. The van der Waals surface area contributed by atoms with Crippen molar-refractivity contribution in [1.29, 1.82) is 0 Å². The van der Waals surface area contributed by atoms with Gasteiger partial charge in [-0.05, 0) is 17.7 Å². The third-order valence-corrected chi connectivity index (χ3v) is 2.23. The smallest absolute Gasteiger partial charge is 0.325 e. The molecule has 2 N–H and O–H groups in total. The predicted molar refractivity (Wildman–Crippen MR) is 65.2 cm³/mol. The highest BCUT2D eigenvalue weighted by Gasteiger charge is 2.04. The van der Waals surface area contributed by atoms with Crippen LogP contribution in [0.2, 0.25) is 0 Å². The van der Waals surface area contributed by atoms with Gasteiger partial charge in [0.25, 0.3) is 0 Å². The number of ether oxygens (including phenoxy) is 2. The zero-order chi connectivity index (χ0) is 13.4. The summed E-state index contributed by atoms with van der Waals surface area (Å²) in [5.74, 6) is 0.267. The molecular weight excluding hydrogens is 236 g/mol. The van der Waals surface area contributed by atoms with Crippen molar-refractivity contribution in [2.75, 3.05) is 20.8 Å². The Morgan fingerprint density at radius 2 is 1.78 bits per heavy atom. The number of nitrogens with one attached hydrogen (secondary N) is 2. The average Bonchev–Trinajstić information content (AvgIpc) is 2.42. The molecule has 0 saturated heterocycles. The van der Waals surface area contributed by atoms with Crippen molar-refractivity contribution in [3.63, 3.8) is 0 Å². The molecule has 1 rings (SSSR count). The number of esters is 1. The summed E-state index contributed by atoms with van der Waals surface area (Å²) in [6, 6.07) is 6.89. The fourth-order valence-corrected chi connectivity index (χ4v) is 1.21. The second-order valence-corrected chi connectivity index (χ2v) is 3.46. The molecular formula is C12H16N2O4. The molecule has 6 heteroatoms. The number of rotatable bonds is 5. The number of benzene rings is 1. The number of carbonyl (C=O) groups is 2. The summed E-state index contributed by atoms with van der Waals surface area (Å²) in [5.41, 5.74) is 0.934. The molecule has 6 nitrogen and oxygen atoms in total. The van der Waals surface area contributed by atoms with E-state index in [1.807, 2.05) is 24.3 Å². The van der Waals surface area contributed by atoms with Gasteiger partial charge in [0.1, 0.15) is 12.3 Å². The van der Waals surface area contributed by atoms with E-state index in [2.05, 4.69) is 15.4 Å². The summed E-state index contributed by atoms with van der Waals surface area (Å²) in [6.45, 7) is 0.224. The number of hydrogen-bond acceptors (Lipinski definition) is 4. The number of methoxy groups -OCH3 is 2. The van der Waals surface area contributed by atoms with Crippen molar-refractivity contribution < 1.29 is 19.1 Å². The van der Waals surface area contributed by atoms with E-state index in [0.29, 0.717) is 6.54 Å². The Labute approximate surface area is 105 Å². The van der Waals surface area contributed by atoms with Gasteiger partial charge in [-0.2, -0.15) is 0 Å². The lowest BCUT2D eigenvalue weighted by Gasteiger charge is -2.07. The van der Waals surface area contributed by atoms with Crippen LogP contribution in [0.1, 0.15) is 5.56 Å². The average molecular weight is 252 g/mol. The van der Waals surface area contributed by atoms with Gasteiger partial charge in [-0.1, -0.05) is 12.1 Å². The first kappa shape index (κ1) is 13.8. The van der Waals surface area contributed by atoms with Gasteiger partial charge >= 0.3 is 12.0 Å². The van der Waals surface area contributed by atoms with Crippen molar-refractivity contribution in [3.05, 3.63) is 29.8 Å². The normalized spacial score (nSPS) is 9.44. The standard InChI is InChI=1S/C12H16N2O4/c1-17-10-5-3-9(4-6-10)7-13-12(16)14-8-11(15)18-2/h3-6H,7-8H2,1-2H3,(H2,13,14,16). The lowest BCUT2D eigenvalue weighted by Crippen LogP contribution is -2.38. The van der Waals surface area contributed by atoms with Crippen molar-refractivity contribution in [3.8, 4) is 5.75 Å². The molecule has 0 radical (unpaired) electrons. The van der Waals surface area contributed by atoms with Gasteiger partial charge in [-0.3, -0.25) is 4.79 Å². The van der Waals surface area contributed by atoms with Crippen LogP contribution in [0.5, 0.6) is 5.75 Å².